The Morgan fingerprint density at radius 3 is 2.43 bits per heavy atom. The van der Waals surface area contributed by atoms with Gasteiger partial charge in [0.2, 0.25) is 0 Å². The second-order valence-electron chi connectivity index (χ2n) is 6.59. The summed E-state index contributed by atoms with van der Waals surface area (Å²) in [4.78, 5) is 15.6. The first kappa shape index (κ1) is 18.2. The molecule has 1 aliphatic heterocycles. The van der Waals surface area contributed by atoms with E-state index in [1.165, 1.54) is 6.07 Å². The third-order valence-corrected chi connectivity index (χ3v) is 5.31. The van der Waals surface area contributed by atoms with E-state index in [9.17, 15) is 10.1 Å². The summed E-state index contributed by atoms with van der Waals surface area (Å²) in [6.07, 6.45) is 0. The van der Waals surface area contributed by atoms with Crippen molar-refractivity contribution in [2.45, 2.75) is 0 Å². The Balaban J connectivity index is 1.41. The first-order valence-corrected chi connectivity index (χ1v) is 9.46. The number of anilines is 1. The van der Waals surface area contributed by atoms with Gasteiger partial charge in [-0.3, -0.25) is 10.1 Å². The number of nitro groups is 1. The average molecular weight is 393 g/mol. The number of benzene rings is 2. The largest absolute Gasteiger partial charge is 0.454 e. The highest BCUT2D eigenvalue weighted by Crippen LogP contribution is 2.25. The second-order valence-corrected chi connectivity index (χ2v) is 6.97. The highest BCUT2D eigenvalue weighted by molar-refractivity contribution is 7.80. The first-order chi connectivity index (χ1) is 13.6. The molecule has 4 rings (SSSR count). The Labute approximate surface area is 168 Å². The lowest BCUT2D eigenvalue weighted by molar-refractivity contribution is -0.384. The van der Waals surface area contributed by atoms with Crippen LogP contribution in [0.3, 0.4) is 0 Å². The fourth-order valence-electron chi connectivity index (χ4n) is 3.34. The van der Waals surface area contributed by atoms with E-state index in [1.54, 1.807) is 12.1 Å². The van der Waals surface area contributed by atoms with Crippen molar-refractivity contribution in [1.82, 2.24) is 4.90 Å². The minimum Gasteiger partial charge on any atom is -0.454 e. The van der Waals surface area contributed by atoms with Crippen molar-refractivity contribution in [2.24, 2.45) is 0 Å². The molecule has 0 spiro atoms. The lowest BCUT2D eigenvalue weighted by Crippen LogP contribution is -2.48. The van der Waals surface area contributed by atoms with Crippen LogP contribution in [0.25, 0.3) is 11.3 Å². The van der Waals surface area contributed by atoms with Crippen molar-refractivity contribution in [3.8, 4) is 11.3 Å². The molecule has 1 saturated heterocycles. The van der Waals surface area contributed by atoms with E-state index in [0.717, 1.165) is 43.2 Å². The van der Waals surface area contributed by atoms with Crippen LogP contribution in [0.2, 0.25) is 0 Å². The quantitative estimate of drug-likeness (QED) is 0.373. The van der Waals surface area contributed by atoms with Crippen molar-refractivity contribution in [1.29, 1.82) is 0 Å². The van der Waals surface area contributed by atoms with Gasteiger partial charge in [0, 0.05) is 49.6 Å². The third kappa shape index (κ3) is 3.75. The Kier molecular flexibility index (Phi) is 5.08. The van der Waals surface area contributed by atoms with Crippen molar-refractivity contribution in [3.05, 3.63) is 82.6 Å². The maximum Gasteiger partial charge on any atom is 0.271 e. The number of non-ortho nitro benzene ring substituents is 1. The monoisotopic (exact) mass is 393 g/mol. The molecule has 0 amide bonds. The Bertz CT molecular complexity index is 995. The van der Waals surface area contributed by atoms with Crippen LogP contribution in [0.4, 0.5) is 11.4 Å². The summed E-state index contributed by atoms with van der Waals surface area (Å²) in [5.41, 5.74) is 2.00. The summed E-state index contributed by atoms with van der Waals surface area (Å²) in [5.74, 6) is 1.49. The van der Waals surface area contributed by atoms with Gasteiger partial charge in [-0.25, -0.2) is 0 Å². The van der Waals surface area contributed by atoms with Gasteiger partial charge in [-0.1, -0.05) is 48.6 Å². The van der Waals surface area contributed by atoms with Gasteiger partial charge in [0.05, 0.1) is 4.92 Å². The zero-order valence-corrected chi connectivity index (χ0v) is 16.0. The van der Waals surface area contributed by atoms with E-state index in [1.807, 2.05) is 48.5 Å². The van der Waals surface area contributed by atoms with Gasteiger partial charge in [-0.15, -0.1) is 0 Å². The van der Waals surface area contributed by atoms with Crippen LogP contribution >= 0.6 is 12.2 Å². The van der Waals surface area contributed by atoms with Crippen LogP contribution < -0.4 is 4.90 Å². The van der Waals surface area contributed by atoms with E-state index in [2.05, 4.69) is 9.80 Å². The molecule has 7 heteroatoms. The molecule has 28 heavy (non-hydrogen) atoms. The number of rotatable bonds is 4. The van der Waals surface area contributed by atoms with Gasteiger partial charge in [-0.2, -0.15) is 0 Å². The van der Waals surface area contributed by atoms with Gasteiger partial charge < -0.3 is 14.2 Å². The van der Waals surface area contributed by atoms with Gasteiger partial charge in [-0.05, 0) is 18.2 Å². The molecule has 2 heterocycles. The maximum absolute atomic E-state index is 11.0. The van der Waals surface area contributed by atoms with Crippen LogP contribution in [0.15, 0.2) is 71.1 Å². The van der Waals surface area contributed by atoms with Crippen LogP contribution in [0, 0.1) is 10.1 Å². The van der Waals surface area contributed by atoms with Gasteiger partial charge in [0.15, 0.2) is 5.76 Å². The van der Waals surface area contributed by atoms with E-state index in [0.29, 0.717) is 10.7 Å². The van der Waals surface area contributed by atoms with Gasteiger partial charge in [0.1, 0.15) is 10.7 Å². The van der Waals surface area contributed by atoms with E-state index in [-0.39, 0.29) is 10.6 Å². The van der Waals surface area contributed by atoms with Gasteiger partial charge in [0.25, 0.3) is 5.69 Å². The number of piperazine rings is 1. The molecule has 1 aliphatic rings. The summed E-state index contributed by atoms with van der Waals surface area (Å²) < 4.78 is 5.97. The molecule has 0 atom stereocenters. The van der Waals surface area contributed by atoms with Crippen LogP contribution in [-0.4, -0.2) is 41.0 Å². The number of nitrogens with zero attached hydrogens (tertiary/aromatic N) is 3. The molecule has 0 N–H and O–H groups in total. The van der Waals surface area contributed by atoms with Crippen molar-refractivity contribution < 1.29 is 9.34 Å². The number of nitro benzene ring substituents is 1. The lowest BCUT2D eigenvalue weighted by Gasteiger charge is -2.36. The lowest BCUT2D eigenvalue weighted by atomic mass is 10.2. The SMILES string of the molecule is O=[N+]([O-])c1cccc(N2CCN(C(=S)c3ccc(-c4ccccc4)o3)CC2)c1. The van der Waals surface area contributed by atoms with Crippen LogP contribution in [-0.2, 0) is 0 Å². The van der Waals surface area contributed by atoms with E-state index >= 15 is 0 Å². The van der Waals surface area contributed by atoms with Crippen molar-refractivity contribution in [3.63, 3.8) is 0 Å². The zero-order chi connectivity index (χ0) is 19.5. The molecule has 6 nitrogen and oxygen atoms in total. The molecule has 0 bridgehead atoms. The summed E-state index contributed by atoms with van der Waals surface area (Å²) in [6, 6.07) is 20.5. The predicted molar refractivity (Wildman–Crippen MR) is 113 cm³/mol. The van der Waals surface area contributed by atoms with Crippen LogP contribution in [0.5, 0.6) is 0 Å². The standard InChI is InChI=1S/C21H19N3O3S/c25-24(26)18-8-4-7-17(15-18)22-11-13-23(14-12-22)21(28)20-10-9-19(27-20)16-5-2-1-3-6-16/h1-10,15H,11-14H2. The van der Waals surface area contributed by atoms with E-state index < -0.39 is 0 Å². The molecule has 0 radical (unpaired) electrons. The number of hydrogen-bond acceptors (Lipinski definition) is 5. The molecule has 0 aliphatic carbocycles. The minimum absolute atomic E-state index is 0.111. The maximum atomic E-state index is 11.0. The molecule has 0 unspecified atom stereocenters. The van der Waals surface area contributed by atoms with Crippen molar-refractivity contribution >= 4 is 28.6 Å². The number of thiocarbonyl (C=S) groups is 1. The first-order valence-electron chi connectivity index (χ1n) is 9.06. The smallest absolute Gasteiger partial charge is 0.271 e. The summed E-state index contributed by atoms with van der Waals surface area (Å²) in [5, 5.41) is 11.0. The second kappa shape index (κ2) is 7.82. The highest BCUT2D eigenvalue weighted by atomic mass is 32.1. The summed E-state index contributed by atoms with van der Waals surface area (Å²) in [6.45, 7) is 2.97. The molecular formula is C21H19N3O3S. The minimum atomic E-state index is -0.365. The molecule has 3 aromatic rings. The van der Waals surface area contributed by atoms with Crippen molar-refractivity contribution in [2.75, 3.05) is 31.1 Å². The Morgan fingerprint density at radius 1 is 0.964 bits per heavy atom. The average Bonchev–Trinajstić information content (AvgIpc) is 3.24. The third-order valence-electron chi connectivity index (χ3n) is 4.85. The molecule has 0 saturated carbocycles. The predicted octanol–water partition coefficient (Wildman–Crippen LogP) is 4.35. The topological polar surface area (TPSA) is 62.8 Å². The summed E-state index contributed by atoms with van der Waals surface area (Å²) >= 11 is 5.64. The fourth-order valence-corrected chi connectivity index (χ4v) is 3.63. The summed E-state index contributed by atoms with van der Waals surface area (Å²) in [7, 11) is 0. The number of hydrogen-bond donors (Lipinski definition) is 0. The van der Waals surface area contributed by atoms with Gasteiger partial charge >= 0.3 is 0 Å². The van der Waals surface area contributed by atoms with E-state index in [4.69, 9.17) is 16.6 Å². The number of furan rings is 1. The Morgan fingerprint density at radius 2 is 1.71 bits per heavy atom. The molecule has 142 valence electrons. The highest BCUT2D eigenvalue weighted by Gasteiger charge is 2.22. The normalized spacial score (nSPS) is 14.1. The molecular weight excluding hydrogens is 374 g/mol. The molecule has 1 fully saturated rings. The zero-order valence-electron chi connectivity index (χ0n) is 15.2. The molecule has 1 aromatic heterocycles. The van der Waals surface area contributed by atoms with Crippen LogP contribution in [0.1, 0.15) is 5.76 Å². The Hall–Kier alpha value is -3.19. The molecule has 2 aromatic carbocycles. The fraction of sp³-hybridized carbons (Fsp3) is 0.190.